The third-order valence-electron chi connectivity index (χ3n) is 4.68. The Kier molecular flexibility index (Phi) is 6.26. The van der Waals surface area contributed by atoms with Crippen molar-refractivity contribution in [1.82, 2.24) is 15.5 Å². The molecule has 144 valence electrons. The third-order valence-corrected chi connectivity index (χ3v) is 4.68. The van der Waals surface area contributed by atoms with Crippen molar-refractivity contribution in [2.75, 3.05) is 19.7 Å². The van der Waals surface area contributed by atoms with Gasteiger partial charge in [-0.15, -0.1) is 0 Å². The van der Waals surface area contributed by atoms with Crippen molar-refractivity contribution < 1.29 is 19.1 Å². The fourth-order valence-electron chi connectivity index (χ4n) is 3.52. The molecule has 3 N–H and O–H groups in total. The number of aliphatic hydroxyl groups is 1. The van der Waals surface area contributed by atoms with Crippen molar-refractivity contribution in [3.63, 3.8) is 0 Å². The van der Waals surface area contributed by atoms with E-state index in [9.17, 15) is 9.59 Å². The molecule has 1 fully saturated rings. The molecule has 2 heterocycles. The van der Waals surface area contributed by atoms with Crippen LogP contribution in [0.5, 0.6) is 0 Å². The van der Waals surface area contributed by atoms with Gasteiger partial charge >= 0.3 is 0 Å². The van der Waals surface area contributed by atoms with Crippen molar-refractivity contribution in [2.45, 2.75) is 32.0 Å². The smallest absolute Gasteiger partial charge is 0.245 e. The molecule has 3 rings (SSSR count). The molecule has 2 aromatic rings. The predicted octanol–water partition coefficient (Wildman–Crippen LogP) is 1.13. The van der Waals surface area contributed by atoms with Crippen LogP contribution in [0.2, 0.25) is 0 Å². The summed E-state index contributed by atoms with van der Waals surface area (Å²) in [6.07, 6.45) is 2.16. The number of hydrogen-bond donors (Lipinski definition) is 3. The Hall–Kier alpha value is -2.64. The number of carbonyl (C=O) groups is 2. The van der Waals surface area contributed by atoms with Crippen LogP contribution in [0.3, 0.4) is 0 Å². The van der Waals surface area contributed by atoms with Gasteiger partial charge in [0.2, 0.25) is 11.8 Å². The second-order valence-electron chi connectivity index (χ2n) is 6.68. The summed E-state index contributed by atoms with van der Waals surface area (Å²) in [6.45, 7) is 3.04. The maximum Gasteiger partial charge on any atom is 0.245 e. The Labute approximate surface area is 158 Å². The van der Waals surface area contributed by atoms with E-state index in [1.807, 2.05) is 43.3 Å². The van der Waals surface area contributed by atoms with E-state index in [0.717, 1.165) is 16.9 Å². The highest BCUT2D eigenvalue weighted by atomic mass is 16.3. The van der Waals surface area contributed by atoms with E-state index in [1.165, 1.54) is 0 Å². The third kappa shape index (κ3) is 4.75. The minimum absolute atomic E-state index is 0.0413. The van der Waals surface area contributed by atoms with E-state index < -0.39 is 12.5 Å². The van der Waals surface area contributed by atoms with Crippen LogP contribution in [0.4, 0.5) is 0 Å². The van der Waals surface area contributed by atoms with Crippen molar-refractivity contribution in [3.8, 4) is 11.3 Å². The number of hydrogen-bond acceptors (Lipinski definition) is 5. The molecule has 1 aliphatic heterocycles. The minimum atomic E-state index is -0.548. The average molecular weight is 371 g/mol. The largest absolute Gasteiger partial charge is 0.464 e. The predicted molar refractivity (Wildman–Crippen MR) is 101 cm³/mol. The summed E-state index contributed by atoms with van der Waals surface area (Å²) in [7, 11) is 0. The SMILES string of the molecule is CCNC(=O)[C@@H]1C[C@H](NC(=O)CO)CN1Cc1cccc(-c2ccco2)c1. The quantitative estimate of drug-likeness (QED) is 0.678. The fourth-order valence-corrected chi connectivity index (χ4v) is 3.52. The van der Waals surface area contributed by atoms with E-state index in [2.05, 4.69) is 15.5 Å². The zero-order chi connectivity index (χ0) is 19.2. The maximum absolute atomic E-state index is 12.5. The molecule has 1 aliphatic rings. The molecule has 2 atom stereocenters. The highest BCUT2D eigenvalue weighted by Gasteiger charge is 2.37. The highest BCUT2D eigenvalue weighted by Crippen LogP contribution is 2.25. The monoisotopic (exact) mass is 371 g/mol. The number of rotatable bonds is 7. The lowest BCUT2D eigenvalue weighted by Gasteiger charge is -2.23. The number of benzene rings is 1. The molecule has 1 aromatic heterocycles. The molecule has 7 nitrogen and oxygen atoms in total. The molecule has 0 saturated carbocycles. The summed E-state index contributed by atoms with van der Waals surface area (Å²) in [6, 6.07) is 11.3. The number of likely N-dealkylation sites (tertiary alicyclic amines) is 1. The Morgan fingerprint density at radius 3 is 2.85 bits per heavy atom. The van der Waals surface area contributed by atoms with Crippen LogP contribution in [-0.2, 0) is 16.1 Å². The molecule has 2 amide bonds. The minimum Gasteiger partial charge on any atom is -0.464 e. The zero-order valence-electron chi connectivity index (χ0n) is 15.4. The maximum atomic E-state index is 12.5. The van der Waals surface area contributed by atoms with E-state index in [4.69, 9.17) is 9.52 Å². The molecule has 27 heavy (non-hydrogen) atoms. The van der Waals surface area contributed by atoms with E-state index in [1.54, 1.807) is 6.26 Å². The summed E-state index contributed by atoms with van der Waals surface area (Å²) in [5, 5.41) is 14.6. The Balaban J connectivity index is 1.75. The van der Waals surface area contributed by atoms with E-state index >= 15 is 0 Å². The summed E-state index contributed by atoms with van der Waals surface area (Å²) >= 11 is 0. The Bertz CT molecular complexity index is 775. The first-order valence-electron chi connectivity index (χ1n) is 9.15. The number of nitrogens with zero attached hydrogens (tertiary/aromatic N) is 1. The van der Waals surface area contributed by atoms with Crippen molar-refractivity contribution in [1.29, 1.82) is 0 Å². The number of carbonyl (C=O) groups excluding carboxylic acids is 2. The van der Waals surface area contributed by atoms with Gasteiger partial charge in [0, 0.05) is 31.2 Å². The molecule has 0 bridgehead atoms. The van der Waals surface area contributed by atoms with Gasteiger partial charge in [0.15, 0.2) is 0 Å². The number of aliphatic hydroxyl groups excluding tert-OH is 1. The molecular formula is C20H25N3O4. The first-order valence-corrected chi connectivity index (χ1v) is 9.15. The molecule has 0 aliphatic carbocycles. The number of likely N-dealkylation sites (N-methyl/N-ethyl adjacent to an activating group) is 1. The van der Waals surface area contributed by atoms with Crippen LogP contribution in [0.25, 0.3) is 11.3 Å². The highest BCUT2D eigenvalue weighted by molar-refractivity contribution is 5.82. The molecule has 1 aromatic carbocycles. The first kappa shape index (κ1) is 19.1. The normalized spacial score (nSPS) is 19.8. The van der Waals surface area contributed by atoms with Gasteiger partial charge in [0.1, 0.15) is 12.4 Å². The molecule has 7 heteroatoms. The van der Waals surface area contributed by atoms with Crippen LogP contribution in [0.1, 0.15) is 18.9 Å². The molecule has 0 unspecified atom stereocenters. The van der Waals surface area contributed by atoms with E-state index in [0.29, 0.717) is 26.1 Å². The van der Waals surface area contributed by atoms with E-state index in [-0.39, 0.29) is 18.0 Å². The average Bonchev–Trinajstić information content (AvgIpc) is 3.32. The lowest BCUT2D eigenvalue weighted by atomic mass is 10.1. The summed E-state index contributed by atoms with van der Waals surface area (Å²) in [5.74, 6) is 0.336. The van der Waals surface area contributed by atoms with Crippen LogP contribution in [0.15, 0.2) is 47.1 Å². The van der Waals surface area contributed by atoms with Gasteiger partial charge in [-0.05, 0) is 37.1 Å². The van der Waals surface area contributed by atoms with Crippen LogP contribution in [-0.4, -0.2) is 53.6 Å². The summed E-state index contributed by atoms with van der Waals surface area (Å²) in [4.78, 5) is 26.1. The molecule has 1 saturated heterocycles. The Morgan fingerprint density at radius 2 is 2.15 bits per heavy atom. The van der Waals surface area contributed by atoms with Gasteiger partial charge in [0.25, 0.3) is 0 Å². The first-order chi connectivity index (χ1) is 13.1. The molecular weight excluding hydrogens is 346 g/mol. The standard InChI is InChI=1S/C20H25N3O4/c1-2-21-20(26)17-10-16(22-19(25)13-24)12-23(17)11-14-5-3-6-15(9-14)18-7-4-8-27-18/h3-9,16-17,24H,2,10-13H2,1H3,(H,21,26)(H,22,25)/t16-,17-/m0/s1. The fraction of sp³-hybridized carbons (Fsp3) is 0.400. The second-order valence-corrected chi connectivity index (χ2v) is 6.68. The number of furan rings is 1. The summed E-state index contributed by atoms with van der Waals surface area (Å²) in [5.41, 5.74) is 2.05. The van der Waals surface area contributed by atoms with Crippen molar-refractivity contribution in [2.24, 2.45) is 0 Å². The van der Waals surface area contributed by atoms with Gasteiger partial charge in [0.05, 0.1) is 12.3 Å². The van der Waals surface area contributed by atoms with Gasteiger partial charge in [-0.2, -0.15) is 0 Å². The summed E-state index contributed by atoms with van der Waals surface area (Å²) < 4.78 is 5.46. The number of amides is 2. The molecule has 0 radical (unpaired) electrons. The molecule has 0 spiro atoms. The van der Waals surface area contributed by atoms with Gasteiger partial charge in [-0.25, -0.2) is 0 Å². The zero-order valence-corrected chi connectivity index (χ0v) is 15.4. The van der Waals surface area contributed by atoms with Crippen LogP contribution in [0, 0.1) is 0 Å². The number of nitrogens with one attached hydrogen (secondary N) is 2. The van der Waals surface area contributed by atoms with Crippen LogP contribution < -0.4 is 10.6 Å². The lowest BCUT2D eigenvalue weighted by Crippen LogP contribution is -2.42. The Morgan fingerprint density at radius 1 is 1.30 bits per heavy atom. The van der Waals surface area contributed by atoms with Crippen molar-refractivity contribution >= 4 is 11.8 Å². The lowest BCUT2D eigenvalue weighted by molar-refractivity contribution is -0.126. The van der Waals surface area contributed by atoms with Gasteiger partial charge < -0.3 is 20.2 Å². The van der Waals surface area contributed by atoms with Crippen LogP contribution >= 0.6 is 0 Å². The van der Waals surface area contributed by atoms with Gasteiger partial charge in [-0.3, -0.25) is 14.5 Å². The van der Waals surface area contributed by atoms with Crippen molar-refractivity contribution in [3.05, 3.63) is 48.2 Å². The topological polar surface area (TPSA) is 94.8 Å². The van der Waals surface area contributed by atoms with Gasteiger partial charge in [-0.1, -0.05) is 18.2 Å². The second kappa shape index (κ2) is 8.83.